The summed E-state index contributed by atoms with van der Waals surface area (Å²) in [5.41, 5.74) is 4.37. The zero-order valence-corrected chi connectivity index (χ0v) is 18.7. The van der Waals surface area contributed by atoms with Crippen molar-refractivity contribution >= 4 is 15.7 Å². The van der Waals surface area contributed by atoms with Gasteiger partial charge in [-0.2, -0.15) is 13.2 Å². The fourth-order valence-corrected chi connectivity index (χ4v) is 6.43. The molecule has 0 N–H and O–H groups in total. The van der Waals surface area contributed by atoms with Crippen LogP contribution in [0.5, 0.6) is 0 Å². The van der Waals surface area contributed by atoms with E-state index in [-0.39, 0.29) is 10.8 Å². The minimum atomic E-state index is -4.40. The summed E-state index contributed by atoms with van der Waals surface area (Å²) >= 11 is 0. The van der Waals surface area contributed by atoms with Crippen LogP contribution in [-0.4, -0.2) is 19.3 Å². The maximum atomic E-state index is 13.6. The topological polar surface area (TPSA) is 37.4 Å². The minimum Gasteiger partial charge on any atom is -0.266 e. The fraction of sp³-hybridized carbons (Fsp3) is 0.231. The van der Waals surface area contributed by atoms with Crippen LogP contribution in [0.2, 0.25) is 0 Å². The Kier molecular flexibility index (Phi) is 5.12. The summed E-state index contributed by atoms with van der Waals surface area (Å²) in [6.45, 7) is 2.27. The summed E-state index contributed by atoms with van der Waals surface area (Å²) < 4.78 is 68.0. The van der Waals surface area contributed by atoms with E-state index in [4.69, 9.17) is 0 Å². The second kappa shape index (κ2) is 7.76. The summed E-state index contributed by atoms with van der Waals surface area (Å²) in [6.07, 6.45) is -3.06. The second-order valence-corrected chi connectivity index (χ2v) is 10.4. The zero-order valence-electron chi connectivity index (χ0n) is 17.9. The van der Waals surface area contributed by atoms with Crippen LogP contribution >= 0.6 is 0 Å². The molecule has 170 valence electrons. The largest absolute Gasteiger partial charge is 0.416 e. The van der Waals surface area contributed by atoms with Gasteiger partial charge in [0.15, 0.2) is 0 Å². The Hall–Kier alpha value is -3.06. The van der Waals surface area contributed by atoms with Crippen LogP contribution in [0.3, 0.4) is 0 Å². The van der Waals surface area contributed by atoms with Gasteiger partial charge in [-0.25, -0.2) is 8.42 Å². The van der Waals surface area contributed by atoms with Gasteiger partial charge in [0, 0.05) is 18.0 Å². The number of nitrogens with zero attached hydrogens (tertiary/aromatic N) is 1. The van der Waals surface area contributed by atoms with Gasteiger partial charge in [0.05, 0.1) is 16.2 Å². The van der Waals surface area contributed by atoms with Crippen molar-refractivity contribution in [3.05, 3.63) is 106 Å². The first-order chi connectivity index (χ1) is 15.7. The van der Waals surface area contributed by atoms with Crippen molar-refractivity contribution in [3.63, 3.8) is 0 Å². The number of halogens is 3. The predicted molar refractivity (Wildman–Crippen MR) is 121 cm³/mol. The predicted octanol–water partition coefficient (Wildman–Crippen LogP) is 6.36. The quantitative estimate of drug-likeness (QED) is 0.448. The molecule has 1 aliphatic heterocycles. The monoisotopic (exact) mass is 469 g/mol. The lowest BCUT2D eigenvalue weighted by molar-refractivity contribution is -0.137. The summed E-state index contributed by atoms with van der Waals surface area (Å²) in [5.74, 6) is -0.269. The van der Waals surface area contributed by atoms with Gasteiger partial charge < -0.3 is 0 Å². The van der Waals surface area contributed by atoms with Gasteiger partial charge >= 0.3 is 6.18 Å². The highest BCUT2D eigenvalue weighted by Gasteiger charge is 2.41. The molecule has 0 aromatic heterocycles. The van der Waals surface area contributed by atoms with Crippen LogP contribution in [0.4, 0.5) is 13.2 Å². The Morgan fingerprint density at radius 3 is 2.24 bits per heavy atom. The zero-order chi connectivity index (χ0) is 23.4. The summed E-state index contributed by atoms with van der Waals surface area (Å²) in [5, 5.41) is 0. The highest BCUT2D eigenvalue weighted by atomic mass is 32.2. The molecule has 0 bridgehead atoms. The molecule has 5 rings (SSSR count). The maximum absolute atomic E-state index is 13.6. The first kappa shape index (κ1) is 21.8. The molecule has 1 atom stereocenters. The molecule has 1 aliphatic carbocycles. The van der Waals surface area contributed by atoms with E-state index in [0.717, 1.165) is 40.0 Å². The molecule has 0 fully saturated rings. The summed E-state index contributed by atoms with van der Waals surface area (Å²) in [7, 11) is -3.78. The molecule has 0 amide bonds. The molecule has 7 heteroatoms. The number of benzene rings is 3. The van der Waals surface area contributed by atoms with Crippen molar-refractivity contribution in [1.29, 1.82) is 0 Å². The molecule has 3 aromatic rings. The van der Waals surface area contributed by atoms with Gasteiger partial charge in [0.1, 0.15) is 0 Å². The number of allylic oxidation sites excluding steroid dienone is 1. The highest BCUT2D eigenvalue weighted by Crippen LogP contribution is 2.51. The van der Waals surface area contributed by atoms with Gasteiger partial charge in [-0.3, -0.25) is 4.31 Å². The summed E-state index contributed by atoms with van der Waals surface area (Å²) in [6, 6.07) is 19.6. The van der Waals surface area contributed by atoms with Crippen molar-refractivity contribution in [2.45, 2.75) is 36.8 Å². The van der Waals surface area contributed by atoms with Crippen LogP contribution in [0.15, 0.2) is 83.3 Å². The Morgan fingerprint density at radius 2 is 1.58 bits per heavy atom. The smallest absolute Gasteiger partial charge is 0.266 e. The standard InChI is InChI=1S/C26H22F3NO2S/c1-17-8-14-20(15-9-17)33(31,32)30-16-4-7-23-24(21-5-2-3-6-22(21)25(23)30)18-10-12-19(13-11-18)26(27,28)29/h2-3,5-6,8-15,24H,4,7,16H2,1H3. The van der Waals surface area contributed by atoms with Crippen molar-refractivity contribution in [1.82, 2.24) is 4.31 Å². The van der Waals surface area contributed by atoms with Crippen LogP contribution in [0.1, 0.15) is 46.6 Å². The van der Waals surface area contributed by atoms with Gasteiger partial charge in [0.25, 0.3) is 10.0 Å². The molecule has 0 radical (unpaired) electrons. The molecule has 1 unspecified atom stereocenters. The lowest BCUT2D eigenvalue weighted by atomic mass is 9.85. The average molecular weight is 470 g/mol. The van der Waals surface area contributed by atoms with E-state index in [9.17, 15) is 21.6 Å². The molecular formula is C26H22F3NO2S. The van der Waals surface area contributed by atoms with E-state index >= 15 is 0 Å². The van der Waals surface area contributed by atoms with Gasteiger partial charge in [-0.1, -0.05) is 54.1 Å². The third kappa shape index (κ3) is 3.64. The Balaban J connectivity index is 1.64. The average Bonchev–Trinajstić information content (AvgIpc) is 3.13. The van der Waals surface area contributed by atoms with Crippen LogP contribution in [0.25, 0.3) is 5.70 Å². The summed E-state index contributed by atoms with van der Waals surface area (Å²) in [4.78, 5) is 0.234. The molecule has 0 saturated heterocycles. The molecule has 3 aromatic carbocycles. The third-order valence-corrected chi connectivity index (χ3v) is 8.23. The van der Waals surface area contributed by atoms with E-state index < -0.39 is 21.8 Å². The number of hydrogen-bond donors (Lipinski definition) is 0. The van der Waals surface area contributed by atoms with Crippen molar-refractivity contribution in [3.8, 4) is 0 Å². The van der Waals surface area contributed by atoms with E-state index in [1.807, 2.05) is 31.2 Å². The molecule has 33 heavy (non-hydrogen) atoms. The number of hydrogen-bond acceptors (Lipinski definition) is 2. The lowest BCUT2D eigenvalue weighted by Crippen LogP contribution is -2.33. The van der Waals surface area contributed by atoms with Crippen LogP contribution in [0, 0.1) is 6.92 Å². The maximum Gasteiger partial charge on any atom is 0.416 e. The number of fused-ring (bicyclic) bond motifs is 2. The fourth-order valence-electron chi connectivity index (χ4n) is 4.87. The SMILES string of the molecule is Cc1ccc(S(=O)(=O)N2CCCC3=C2c2ccccc2C3c2ccc(C(F)(F)F)cc2)cc1. The van der Waals surface area contributed by atoms with E-state index in [1.54, 1.807) is 24.3 Å². The van der Waals surface area contributed by atoms with E-state index in [0.29, 0.717) is 25.1 Å². The number of rotatable bonds is 3. The first-order valence-corrected chi connectivity index (χ1v) is 12.2. The molecule has 0 spiro atoms. The Bertz CT molecular complexity index is 1340. The highest BCUT2D eigenvalue weighted by molar-refractivity contribution is 7.89. The molecule has 0 saturated carbocycles. The van der Waals surface area contributed by atoms with Gasteiger partial charge in [-0.15, -0.1) is 0 Å². The molecular weight excluding hydrogens is 447 g/mol. The van der Waals surface area contributed by atoms with Crippen LogP contribution < -0.4 is 0 Å². The first-order valence-electron chi connectivity index (χ1n) is 10.8. The van der Waals surface area contributed by atoms with Crippen molar-refractivity contribution in [2.24, 2.45) is 0 Å². The molecule has 1 heterocycles. The van der Waals surface area contributed by atoms with Gasteiger partial charge in [0.2, 0.25) is 0 Å². The van der Waals surface area contributed by atoms with Gasteiger partial charge in [-0.05, 0) is 60.7 Å². The number of aryl methyl sites for hydroxylation is 1. The normalized spacial score (nSPS) is 18.3. The minimum absolute atomic E-state index is 0.234. The number of sulfonamides is 1. The Labute approximate surface area is 191 Å². The van der Waals surface area contributed by atoms with Crippen molar-refractivity contribution in [2.75, 3.05) is 6.54 Å². The number of alkyl halides is 3. The third-order valence-electron chi connectivity index (χ3n) is 6.42. The van der Waals surface area contributed by atoms with E-state index in [2.05, 4.69) is 0 Å². The van der Waals surface area contributed by atoms with Crippen LogP contribution in [-0.2, 0) is 16.2 Å². The Morgan fingerprint density at radius 1 is 0.909 bits per heavy atom. The van der Waals surface area contributed by atoms with E-state index in [1.165, 1.54) is 16.4 Å². The lowest BCUT2D eigenvalue weighted by Gasteiger charge is -2.32. The molecule has 3 nitrogen and oxygen atoms in total. The van der Waals surface area contributed by atoms with Crippen molar-refractivity contribution < 1.29 is 21.6 Å². The second-order valence-electron chi connectivity index (χ2n) is 8.51. The molecule has 2 aliphatic rings.